The van der Waals surface area contributed by atoms with Crippen molar-refractivity contribution < 1.29 is 19.8 Å². The van der Waals surface area contributed by atoms with Crippen molar-refractivity contribution in [1.29, 1.82) is 0 Å². The highest BCUT2D eigenvalue weighted by Gasteiger charge is 2.27. The molecule has 8 heteroatoms. The van der Waals surface area contributed by atoms with Crippen LogP contribution in [0.3, 0.4) is 0 Å². The molecule has 0 unspecified atom stereocenters. The van der Waals surface area contributed by atoms with E-state index in [0.29, 0.717) is 12.3 Å². The lowest BCUT2D eigenvalue weighted by atomic mass is 9.79. The summed E-state index contributed by atoms with van der Waals surface area (Å²) < 4.78 is 0. The van der Waals surface area contributed by atoms with Crippen LogP contribution in [0, 0.1) is 31.6 Å². The minimum atomic E-state index is -0.980. The van der Waals surface area contributed by atoms with E-state index >= 15 is 0 Å². The van der Waals surface area contributed by atoms with Gasteiger partial charge in [0, 0.05) is 0 Å². The summed E-state index contributed by atoms with van der Waals surface area (Å²) in [6.45, 7) is 7.53. The molecule has 106 valence electrons. The van der Waals surface area contributed by atoms with E-state index in [9.17, 15) is 20.2 Å². The second-order valence-corrected chi connectivity index (χ2v) is 5.44. The first kappa shape index (κ1) is 16.4. The Kier molecular flexibility index (Phi) is 6.35. The topological polar surface area (TPSA) is 105 Å². The quantitative estimate of drug-likeness (QED) is 0.467. The Labute approximate surface area is 105 Å². The summed E-state index contributed by atoms with van der Waals surface area (Å²) in [6, 6.07) is 0. The summed E-state index contributed by atoms with van der Waals surface area (Å²) in [5.41, 5.74) is -0.213. The molecule has 0 amide bonds. The van der Waals surface area contributed by atoms with Gasteiger partial charge in [-0.15, -0.1) is 20.2 Å². The van der Waals surface area contributed by atoms with Gasteiger partial charge in [0.15, 0.2) is 0 Å². The third kappa shape index (κ3) is 8.54. The lowest BCUT2D eigenvalue weighted by Crippen LogP contribution is -2.31. The van der Waals surface area contributed by atoms with Crippen LogP contribution in [0.25, 0.3) is 0 Å². The van der Waals surface area contributed by atoms with Crippen molar-refractivity contribution in [1.82, 2.24) is 0 Å². The van der Waals surface area contributed by atoms with E-state index in [1.165, 1.54) is 0 Å². The summed E-state index contributed by atoms with van der Waals surface area (Å²) in [6.07, 6.45) is 0.224. The summed E-state index contributed by atoms with van der Waals surface area (Å²) in [5, 5.41) is 18.5. The molecule has 0 aliphatic carbocycles. The summed E-state index contributed by atoms with van der Waals surface area (Å²) in [4.78, 5) is 29.0. The van der Waals surface area contributed by atoms with Crippen LogP contribution in [0.2, 0.25) is 0 Å². The molecule has 0 aliphatic heterocycles. The van der Waals surface area contributed by atoms with Crippen molar-refractivity contribution in [2.75, 3.05) is 6.61 Å². The zero-order valence-corrected chi connectivity index (χ0v) is 11.1. The van der Waals surface area contributed by atoms with Gasteiger partial charge in [0.1, 0.15) is 12.7 Å². The number of hydrogen-bond donors (Lipinski definition) is 0. The highest BCUT2D eigenvalue weighted by molar-refractivity contribution is 4.74. The van der Waals surface area contributed by atoms with Crippen LogP contribution in [-0.2, 0) is 9.68 Å². The standard InChI is InChI=1S/C10H20N2O6/c1-8(2)5-10(3,4)6-9(18-12(15)16)7-17-11(13)14/h8-9H,5-7H2,1-4H3/t9-/m1/s1. The van der Waals surface area contributed by atoms with E-state index in [1.54, 1.807) is 0 Å². The van der Waals surface area contributed by atoms with Crippen molar-refractivity contribution in [2.45, 2.75) is 46.6 Å². The molecule has 0 aromatic rings. The van der Waals surface area contributed by atoms with Gasteiger partial charge in [0.2, 0.25) is 0 Å². The summed E-state index contributed by atoms with van der Waals surface area (Å²) in [5.74, 6) is 0.424. The largest absolute Gasteiger partial charge is 0.312 e. The lowest BCUT2D eigenvalue weighted by Gasteiger charge is -2.29. The maximum atomic E-state index is 10.3. The first-order valence-electron chi connectivity index (χ1n) is 5.71. The molecule has 0 spiro atoms. The molecular weight excluding hydrogens is 244 g/mol. The van der Waals surface area contributed by atoms with Gasteiger partial charge in [0.25, 0.3) is 10.2 Å². The lowest BCUT2D eigenvalue weighted by molar-refractivity contribution is -0.790. The molecule has 0 fully saturated rings. The van der Waals surface area contributed by atoms with E-state index < -0.39 is 22.9 Å². The highest BCUT2D eigenvalue weighted by atomic mass is 17.0. The average Bonchev–Trinajstić information content (AvgIpc) is 2.10. The van der Waals surface area contributed by atoms with Crippen molar-refractivity contribution in [3.63, 3.8) is 0 Å². The van der Waals surface area contributed by atoms with Gasteiger partial charge in [-0.05, 0) is 24.2 Å². The average molecular weight is 264 g/mol. The first-order chi connectivity index (χ1) is 8.12. The molecule has 0 bridgehead atoms. The molecule has 0 rings (SSSR count). The summed E-state index contributed by atoms with van der Waals surface area (Å²) >= 11 is 0. The van der Waals surface area contributed by atoms with E-state index in [-0.39, 0.29) is 5.41 Å². The van der Waals surface area contributed by atoms with Gasteiger partial charge in [-0.2, -0.15) is 0 Å². The third-order valence-corrected chi connectivity index (χ3v) is 2.34. The smallest absolute Gasteiger partial charge is 0.294 e. The van der Waals surface area contributed by atoms with Crippen LogP contribution >= 0.6 is 0 Å². The Hall–Kier alpha value is -1.60. The van der Waals surface area contributed by atoms with Gasteiger partial charge >= 0.3 is 0 Å². The number of rotatable bonds is 9. The van der Waals surface area contributed by atoms with Crippen LogP contribution in [0.15, 0.2) is 0 Å². The maximum Gasteiger partial charge on any atom is 0.294 e. The zero-order chi connectivity index (χ0) is 14.3. The van der Waals surface area contributed by atoms with Crippen LogP contribution in [-0.4, -0.2) is 22.9 Å². The Morgan fingerprint density at radius 3 is 2.06 bits per heavy atom. The van der Waals surface area contributed by atoms with Gasteiger partial charge in [-0.25, -0.2) is 0 Å². The highest BCUT2D eigenvalue weighted by Crippen LogP contribution is 2.31. The van der Waals surface area contributed by atoms with Gasteiger partial charge in [-0.3, -0.25) is 0 Å². The molecular formula is C10H20N2O6. The van der Waals surface area contributed by atoms with Crippen molar-refractivity contribution in [3.05, 3.63) is 20.2 Å². The zero-order valence-electron chi connectivity index (χ0n) is 11.1. The Bertz CT molecular complexity index is 292. The molecule has 0 N–H and O–H groups in total. The fourth-order valence-electron chi connectivity index (χ4n) is 2.20. The van der Waals surface area contributed by atoms with E-state index in [4.69, 9.17) is 0 Å². The molecule has 0 heterocycles. The van der Waals surface area contributed by atoms with Crippen molar-refractivity contribution in [2.24, 2.45) is 11.3 Å². The fourth-order valence-corrected chi connectivity index (χ4v) is 2.20. The predicted molar refractivity (Wildman–Crippen MR) is 62.7 cm³/mol. The second-order valence-electron chi connectivity index (χ2n) is 5.44. The molecule has 8 nitrogen and oxygen atoms in total. The maximum absolute atomic E-state index is 10.3. The molecule has 0 saturated carbocycles. The second kappa shape index (κ2) is 6.97. The Morgan fingerprint density at radius 2 is 1.67 bits per heavy atom. The Balaban J connectivity index is 4.46. The predicted octanol–water partition coefficient (Wildman–Crippen LogP) is 2.23. The first-order valence-corrected chi connectivity index (χ1v) is 5.71. The van der Waals surface area contributed by atoms with Crippen LogP contribution in [0.4, 0.5) is 0 Å². The normalized spacial score (nSPS) is 13.2. The number of nitrogens with zero attached hydrogens (tertiary/aromatic N) is 2. The van der Waals surface area contributed by atoms with Gasteiger partial charge in [-0.1, -0.05) is 27.7 Å². The molecule has 0 radical (unpaired) electrons. The SMILES string of the molecule is CC(C)CC(C)(C)C[C@H](CO[N+](=O)[O-])O[N+](=O)[O-]. The number of hydrogen-bond acceptors (Lipinski definition) is 6. The van der Waals surface area contributed by atoms with Crippen LogP contribution in [0.5, 0.6) is 0 Å². The molecule has 18 heavy (non-hydrogen) atoms. The molecule has 1 atom stereocenters. The minimum Gasteiger partial charge on any atom is -0.312 e. The molecule has 0 saturated heterocycles. The van der Waals surface area contributed by atoms with Crippen LogP contribution in [0.1, 0.15) is 40.5 Å². The molecule has 0 aromatic carbocycles. The van der Waals surface area contributed by atoms with E-state index in [0.717, 1.165) is 6.42 Å². The molecule has 0 aromatic heterocycles. The monoisotopic (exact) mass is 264 g/mol. The van der Waals surface area contributed by atoms with Crippen LogP contribution < -0.4 is 0 Å². The minimum absolute atomic E-state index is 0.213. The fraction of sp³-hybridized carbons (Fsp3) is 1.00. The molecule has 0 aliphatic rings. The third-order valence-electron chi connectivity index (χ3n) is 2.34. The summed E-state index contributed by atoms with van der Waals surface area (Å²) in [7, 11) is 0. The van der Waals surface area contributed by atoms with Crippen molar-refractivity contribution in [3.8, 4) is 0 Å². The van der Waals surface area contributed by atoms with Gasteiger partial charge < -0.3 is 9.68 Å². The van der Waals surface area contributed by atoms with E-state index in [1.807, 2.05) is 27.7 Å². The van der Waals surface area contributed by atoms with Gasteiger partial charge in [0.05, 0.1) is 0 Å². The van der Waals surface area contributed by atoms with Crippen molar-refractivity contribution >= 4 is 0 Å². The Morgan fingerprint density at radius 1 is 1.11 bits per heavy atom. The van der Waals surface area contributed by atoms with E-state index in [2.05, 4.69) is 9.68 Å².